The molecule has 0 aliphatic heterocycles. The minimum absolute atomic E-state index is 0.414. The van der Waals surface area contributed by atoms with Crippen LogP contribution in [0.1, 0.15) is 5.89 Å². The molecule has 0 N–H and O–H groups in total. The van der Waals surface area contributed by atoms with Crippen molar-refractivity contribution in [3.05, 3.63) is 59.4 Å². The molecule has 0 spiro atoms. The lowest BCUT2D eigenvalue weighted by Gasteiger charge is -1.99. The number of ether oxygens (including phenoxy) is 1. The van der Waals surface area contributed by atoms with Gasteiger partial charge in [-0.1, -0.05) is 40.7 Å². The number of nitrogens with zero attached hydrogens (tertiary/aromatic N) is 4. The van der Waals surface area contributed by atoms with E-state index in [-0.39, 0.29) is 0 Å². The van der Waals surface area contributed by atoms with Crippen LogP contribution in [0.5, 0.6) is 5.75 Å². The quantitative estimate of drug-likeness (QED) is 0.429. The first-order chi connectivity index (χ1) is 13.2. The molecule has 2 aromatic heterocycles. The van der Waals surface area contributed by atoms with Crippen LogP contribution < -0.4 is 4.74 Å². The Hall–Kier alpha value is -2.84. The first-order valence-electron chi connectivity index (χ1n) is 7.90. The van der Waals surface area contributed by atoms with Gasteiger partial charge >= 0.3 is 0 Å². The maximum Gasteiger partial charge on any atom is 0.277 e. The van der Waals surface area contributed by atoms with Crippen molar-refractivity contribution in [3.8, 4) is 28.6 Å². The number of thioether (sulfide) groups is 1. The number of hydrogen-bond donors (Lipinski definition) is 0. The van der Waals surface area contributed by atoms with Gasteiger partial charge in [-0.15, -0.1) is 10.2 Å². The van der Waals surface area contributed by atoms with Gasteiger partial charge in [0.2, 0.25) is 17.6 Å². The maximum atomic E-state index is 5.99. The molecular formula is C18H13ClN4O3S. The highest BCUT2D eigenvalue weighted by molar-refractivity contribution is 7.98. The second kappa shape index (κ2) is 7.81. The molecule has 0 fully saturated rings. The summed E-state index contributed by atoms with van der Waals surface area (Å²) in [6.07, 6.45) is 0. The molecule has 2 aromatic carbocycles. The fraction of sp³-hybridized carbons (Fsp3) is 0.111. The van der Waals surface area contributed by atoms with Crippen LogP contribution in [0.15, 0.2) is 62.7 Å². The van der Waals surface area contributed by atoms with Crippen molar-refractivity contribution in [2.75, 3.05) is 7.11 Å². The summed E-state index contributed by atoms with van der Waals surface area (Å²) in [4.78, 5) is 4.36. The van der Waals surface area contributed by atoms with E-state index < -0.39 is 0 Å². The third-order valence-electron chi connectivity index (χ3n) is 3.61. The summed E-state index contributed by atoms with van der Waals surface area (Å²) < 4.78 is 16.1. The lowest BCUT2D eigenvalue weighted by molar-refractivity contribution is 0.391. The number of hydrogen-bond acceptors (Lipinski definition) is 8. The SMILES string of the molecule is COc1ccc(-c2nnc(SCc3nc(-c4cccc(Cl)c4)no3)o2)cc1. The molecule has 0 amide bonds. The zero-order valence-electron chi connectivity index (χ0n) is 14.1. The van der Waals surface area contributed by atoms with Crippen LogP contribution in [0.25, 0.3) is 22.8 Å². The number of halogens is 1. The normalized spacial score (nSPS) is 10.9. The first-order valence-corrected chi connectivity index (χ1v) is 9.27. The lowest BCUT2D eigenvalue weighted by Crippen LogP contribution is -1.83. The second-order valence-corrected chi connectivity index (χ2v) is 6.78. The minimum Gasteiger partial charge on any atom is -0.497 e. The average Bonchev–Trinajstić information content (AvgIpc) is 3.36. The van der Waals surface area contributed by atoms with Crippen molar-refractivity contribution in [3.63, 3.8) is 0 Å². The molecule has 0 saturated carbocycles. The Bertz CT molecular complexity index is 1050. The highest BCUT2D eigenvalue weighted by atomic mass is 35.5. The standard InChI is InChI=1S/C18H13ClN4O3S/c1-24-14-7-5-11(6-8-14)17-21-22-18(25-17)27-10-15-20-16(23-26-15)12-3-2-4-13(19)9-12/h2-9H,10H2,1H3. The van der Waals surface area contributed by atoms with E-state index in [4.69, 9.17) is 25.3 Å². The Morgan fingerprint density at radius 2 is 1.93 bits per heavy atom. The van der Waals surface area contributed by atoms with Crippen LogP contribution >= 0.6 is 23.4 Å². The van der Waals surface area contributed by atoms with Crippen LogP contribution in [0.4, 0.5) is 0 Å². The highest BCUT2D eigenvalue weighted by Gasteiger charge is 2.13. The predicted octanol–water partition coefficient (Wildman–Crippen LogP) is 4.74. The molecule has 9 heteroatoms. The third kappa shape index (κ3) is 4.12. The zero-order valence-corrected chi connectivity index (χ0v) is 15.7. The summed E-state index contributed by atoms with van der Waals surface area (Å²) in [5.41, 5.74) is 1.61. The molecule has 0 bridgehead atoms. The van der Waals surface area contributed by atoms with Gasteiger partial charge < -0.3 is 13.7 Å². The van der Waals surface area contributed by atoms with E-state index in [0.717, 1.165) is 16.9 Å². The molecule has 27 heavy (non-hydrogen) atoms. The molecule has 0 radical (unpaired) electrons. The van der Waals surface area contributed by atoms with Gasteiger partial charge in [0.15, 0.2) is 0 Å². The van der Waals surface area contributed by atoms with Gasteiger partial charge in [0, 0.05) is 16.1 Å². The Morgan fingerprint density at radius 1 is 1.07 bits per heavy atom. The number of aromatic nitrogens is 4. The first kappa shape index (κ1) is 17.6. The van der Waals surface area contributed by atoms with Crippen LogP contribution in [0.3, 0.4) is 0 Å². The van der Waals surface area contributed by atoms with Crippen LogP contribution in [0, 0.1) is 0 Å². The van der Waals surface area contributed by atoms with E-state index >= 15 is 0 Å². The average molecular weight is 401 g/mol. The van der Waals surface area contributed by atoms with Crippen molar-refractivity contribution in [2.24, 2.45) is 0 Å². The largest absolute Gasteiger partial charge is 0.497 e. The van der Waals surface area contributed by atoms with Gasteiger partial charge in [0.25, 0.3) is 5.22 Å². The molecule has 2 heterocycles. The summed E-state index contributed by atoms with van der Waals surface area (Å²) >= 11 is 7.31. The van der Waals surface area contributed by atoms with Gasteiger partial charge in [0.05, 0.1) is 12.9 Å². The van der Waals surface area contributed by atoms with E-state index in [2.05, 4.69) is 20.3 Å². The predicted molar refractivity (Wildman–Crippen MR) is 101 cm³/mol. The Kier molecular flexibility index (Phi) is 5.08. The van der Waals surface area contributed by atoms with Gasteiger partial charge in [-0.3, -0.25) is 0 Å². The highest BCUT2D eigenvalue weighted by Crippen LogP contribution is 2.27. The molecule has 4 aromatic rings. The Labute approximate surface area is 163 Å². The summed E-state index contributed by atoms with van der Waals surface area (Å²) in [5, 5.41) is 13.1. The Balaban J connectivity index is 1.41. The molecule has 0 aliphatic carbocycles. The fourth-order valence-corrected chi connectivity index (χ4v) is 3.09. The van der Waals surface area contributed by atoms with E-state index in [1.54, 1.807) is 19.2 Å². The summed E-state index contributed by atoms with van der Waals surface area (Å²) in [7, 11) is 1.62. The van der Waals surface area contributed by atoms with E-state index in [0.29, 0.717) is 33.6 Å². The number of methoxy groups -OCH3 is 1. The molecule has 0 unspecified atom stereocenters. The molecule has 0 aliphatic rings. The minimum atomic E-state index is 0.414. The summed E-state index contributed by atoms with van der Waals surface area (Å²) in [5.74, 6) is 2.56. The fourth-order valence-electron chi connectivity index (χ4n) is 2.30. The van der Waals surface area contributed by atoms with Crippen molar-refractivity contribution in [1.29, 1.82) is 0 Å². The van der Waals surface area contributed by atoms with Gasteiger partial charge in [-0.2, -0.15) is 4.98 Å². The molecule has 0 saturated heterocycles. The number of rotatable bonds is 6. The van der Waals surface area contributed by atoms with Crippen molar-refractivity contribution >= 4 is 23.4 Å². The summed E-state index contributed by atoms with van der Waals surface area (Å²) in [6.45, 7) is 0. The Morgan fingerprint density at radius 3 is 2.70 bits per heavy atom. The molecule has 7 nitrogen and oxygen atoms in total. The van der Waals surface area contributed by atoms with E-state index in [1.807, 2.05) is 36.4 Å². The monoisotopic (exact) mass is 400 g/mol. The lowest BCUT2D eigenvalue weighted by atomic mass is 10.2. The summed E-state index contributed by atoms with van der Waals surface area (Å²) in [6, 6.07) is 14.7. The van der Waals surface area contributed by atoms with Gasteiger partial charge in [-0.05, 0) is 36.4 Å². The van der Waals surface area contributed by atoms with Crippen LogP contribution in [-0.4, -0.2) is 27.4 Å². The molecule has 4 rings (SSSR count). The topological polar surface area (TPSA) is 87.1 Å². The van der Waals surface area contributed by atoms with E-state index in [1.165, 1.54) is 11.8 Å². The van der Waals surface area contributed by atoms with Crippen molar-refractivity contribution in [2.45, 2.75) is 11.0 Å². The van der Waals surface area contributed by atoms with Crippen molar-refractivity contribution < 1.29 is 13.7 Å². The molecule has 0 atom stereocenters. The van der Waals surface area contributed by atoms with Crippen molar-refractivity contribution in [1.82, 2.24) is 20.3 Å². The third-order valence-corrected chi connectivity index (χ3v) is 4.65. The zero-order chi connectivity index (χ0) is 18.6. The molecule has 136 valence electrons. The number of benzene rings is 2. The van der Waals surface area contributed by atoms with Gasteiger partial charge in [0.1, 0.15) is 5.75 Å². The van der Waals surface area contributed by atoms with Gasteiger partial charge in [-0.25, -0.2) is 0 Å². The molecular weight excluding hydrogens is 388 g/mol. The second-order valence-electron chi connectivity index (χ2n) is 5.41. The smallest absolute Gasteiger partial charge is 0.277 e. The van der Waals surface area contributed by atoms with E-state index in [9.17, 15) is 0 Å². The van der Waals surface area contributed by atoms with Crippen LogP contribution in [0.2, 0.25) is 5.02 Å². The van der Waals surface area contributed by atoms with Crippen LogP contribution in [-0.2, 0) is 5.75 Å². The maximum absolute atomic E-state index is 5.99.